The third-order valence-electron chi connectivity index (χ3n) is 2.71. The van der Waals surface area contributed by atoms with Crippen LogP contribution < -0.4 is 10.1 Å². The van der Waals surface area contributed by atoms with Crippen molar-refractivity contribution in [3.05, 3.63) is 29.3 Å². The quantitative estimate of drug-likeness (QED) is 0.846. The fourth-order valence-electron chi connectivity index (χ4n) is 1.84. The van der Waals surface area contributed by atoms with Crippen LogP contribution in [0.25, 0.3) is 0 Å². The monoisotopic (exact) mass is 219 g/mol. The van der Waals surface area contributed by atoms with Crippen LogP contribution in [0, 0.1) is 0 Å². The molecule has 1 amide bonds. The largest absolute Gasteiger partial charge is 0.493 e. The molecule has 16 heavy (non-hydrogen) atoms. The number of fused-ring (bicyclic) bond motifs is 1. The minimum Gasteiger partial charge on any atom is -0.493 e. The van der Waals surface area contributed by atoms with Crippen LogP contribution in [0.1, 0.15) is 35.7 Å². The van der Waals surface area contributed by atoms with E-state index >= 15 is 0 Å². The molecule has 0 saturated carbocycles. The minimum absolute atomic E-state index is 0.00947. The molecule has 0 aliphatic carbocycles. The van der Waals surface area contributed by atoms with Gasteiger partial charge in [-0.15, -0.1) is 0 Å². The van der Waals surface area contributed by atoms with Gasteiger partial charge in [0.05, 0.1) is 6.61 Å². The van der Waals surface area contributed by atoms with Gasteiger partial charge in [-0.1, -0.05) is 6.92 Å². The van der Waals surface area contributed by atoms with Crippen molar-refractivity contribution in [3.63, 3.8) is 0 Å². The van der Waals surface area contributed by atoms with Crippen LogP contribution in [0.3, 0.4) is 0 Å². The van der Waals surface area contributed by atoms with E-state index in [1.807, 2.05) is 25.1 Å². The number of benzene rings is 1. The standard InChI is InChI=1S/C13H17NO2/c1-2-7-14-13(15)11-5-6-12-10(9-11)4-3-8-16-12/h5-6,9H,2-4,7-8H2,1H3,(H,14,15). The van der Waals surface area contributed by atoms with E-state index in [9.17, 15) is 4.79 Å². The van der Waals surface area contributed by atoms with Gasteiger partial charge in [0.15, 0.2) is 0 Å². The molecule has 2 rings (SSSR count). The van der Waals surface area contributed by atoms with E-state index in [4.69, 9.17) is 4.74 Å². The second-order valence-corrected chi connectivity index (χ2v) is 4.03. The van der Waals surface area contributed by atoms with Gasteiger partial charge in [-0.3, -0.25) is 4.79 Å². The van der Waals surface area contributed by atoms with Gasteiger partial charge in [-0.05, 0) is 43.0 Å². The van der Waals surface area contributed by atoms with E-state index in [0.717, 1.165) is 49.3 Å². The van der Waals surface area contributed by atoms with Gasteiger partial charge < -0.3 is 10.1 Å². The zero-order chi connectivity index (χ0) is 11.4. The molecule has 0 fully saturated rings. The molecule has 1 aromatic carbocycles. The van der Waals surface area contributed by atoms with E-state index < -0.39 is 0 Å². The van der Waals surface area contributed by atoms with Gasteiger partial charge in [-0.2, -0.15) is 0 Å². The lowest BCUT2D eigenvalue weighted by molar-refractivity contribution is 0.0953. The predicted octanol–water partition coefficient (Wildman–Crippen LogP) is 2.15. The van der Waals surface area contributed by atoms with Crippen LogP contribution in [0.2, 0.25) is 0 Å². The fraction of sp³-hybridized carbons (Fsp3) is 0.462. The first kappa shape index (κ1) is 11.0. The highest BCUT2D eigenvalue weighted by molar-refractivity contribution is 5.94. The van der Waals surface area contributed by atoms with Gasteiger partial charge in [0.2, 0.25) is 0 Å². The number of nitrogens with one attached hydrogen (secondary N) is 1. The smallest absolute Gasteiger partial charge is 0.251 e. The van der Waals surface area contributed by atoms with Crippen LogP contribution in [0.4, 0.5) is 0 Å². The molecule has 0 aromatic heterocycles. The van der Waals surface area contributed by atoms with Crippen molar-refractivity contribution in [2.75, 3.05) is 13.2 Å². The zero-order valence-electron chi connectivity index (χ0n) is 9.58. The average molecular weight is 219 g/mol. The van der Waals surface area contributed by atoms with Crippen molar-refractivity contribution in [3.8, 4) is 5.75 Å². The molecular weight excluding hydrogens is 202 g/mol. The number of hydrogen-bond acceptors (Lipinski definition) is 2. The topological polar surface area (TPSA) is 38.3 Å². The summed E-state index contributed by atoms with van der Waals surface area (Å²) in [6.45, 7) is 3.56. The van der Waals surface area contributed by atoms with Crippen LogP contribution in [-0.4, -0.2) is 19.1 Å². The summed E-state index contributed by atoms with van der Waals surface area (Å²) in [5, 5.41) is 2.88. The third-order valence-corrected chi connectivity index (χ3v) is 2.71. The Balaban J connectivity index is 2.13. The molecule has 0 spiro atoms. The summed E-state index contributed by atoms with van der Waals surface area (Å²) in [6.07, 6.45) is 3.00. The molecule has 1 aliphatic heterocycles. The maximum absolute atomic E-state index is 11.7. The predicted molar refractivity (Wildman–Crippen MR) is 62.9 cm³/mol. The normalized spacial score (nSPS) is 13.8. The summed E-state index contributed by atoms with van der Waals surface area (Å²) < 4.78 is 5.51. The number of hydrogen-bond donors (Lipinski definition) is 1. The van der Waals surface area contributed by atoms with Crippen LogP contribution in [-0.2, 0) is 6.42 Å². The summed E-state index contributed by atoms with van der Waals surface area (Å²) in [5.74, 6) is 0.938. The van der Waals surface area contributed by atoms with Crippen molar-refractivity contribution < 1.29 is 9.53 Å². The van der Waals surface area contributed by atoms with Gasteiger partial charge in [0.1, 0.15) is 5.75 Å². The molecule has 86 valence electrons. The molecule has 1 aromatic rings. The first-order valence-corrected chi connectivity index (χ1v) is 5.85. The Labute approximate surface area is 95.8 Å². The summed E-state index contributed by atoms with van der Waals surface area (Å²) in [6, 6.07) is 5.67. The Hall–Kier alpha value is -1.51. The average Bonchev–Trinajstić information content (AvgIpc) is 2.35. The summed E-state index contributed by atoms with van der Waals surface area (Å²) in [5.41, 5.74) is 1.88. The highest BCUT2D eigenvalue weighted by atomic mass is 16.5. The number of carbonyl (C=O) groups is 1. The molecule has 0 atom stereocenters. The number of rotatable bonds is 3. The number of ether oxygens (including phenoxy) is 1. The van der Waals surface area contributed by atoms with E-state index in [1.54, 1.807) is 0 Å². The molecule has 3 nitrogen and oxygen atoms in total. The second kappa shape index (κ2) is 5.01. The van der Waals surface area contributed by atoms with Gasteiger partial charge >= 0.3 is 0 Å². The highest BCUT2D eigenvalue weighted by Crippen LogP contribution is 2.25. The Bertz CT molecular complexity index is 388. The fourth-order valence-corrected chi connectivity index (χ4v) is 1.84. The van der Waals surface area contributed by atoms with E-state index in [1.165, 1.54) is 0 Å². The Morgan fingerprint density at radius 3 is 3.19 bits per heavy atom. The Morgan fingerprint density at radius 1 is 1.50 bits per heavy atom. The zero-order valence-corrected chi connectivity index (χ0v) is 9.58. The van der Waals surface area contributed by atoms with Crippen molar-refractivity contribution in [1.82, 2.24) is 5.32 Å². The van der Waals surface area contributed by atoms with Crippen molar-refractivity contribution in [2.45, 2.75) is 26.2 Å². The van der Waals surface area contributed by atoms with Crippen molar-refractivity contribution in [2.24, 2.45) is 0 Å². The molecule has 0 unspecified atom stereocenters. The summed E-state index contributed by atoms with van der Waals surface area (Å²) in [7, 11) is 0. The molecule has 1 aliphatic rings. The lowest BCUT2D eigenvalue weighted by Crippen LogP contribution is -2.24. The van der Waals surface area contributed by atoms with Crippen LogP contribution in [0.5, 0.6) is 5.75 Å². The van der Waals surface area contributed by atoms with Crippen molar-refractivity contribution in [1.29, 1.82) is 0 Å². The van der Waals surface area contributed by atoms with E-state index in [2.05, 4.69) is 5.32 Å². The molecule has 0 radical (unpaired) electrons. The number of amides is 1. The molecule has 0 bridgehead atoms. The minimum atomic E-state index is 0.00947. The number of aryl methyl sites for hydroxylation is 1. The third kappa shape index (κ3) is 2.35. The van der Waals surface area contributed by atoms with Gasteiger partial charge in [-0.25, -0.2) is 0 Å². The van der Waals surface area contributed by atoms with Crippen LogP contribution in [0.15, 0.2) is 18.2 Å². The van der Waals surface area contributed by atoms with Crippen LogP contribution >= 0.6 is 0 Å². The summed E-state index contributed by atoms with van der Waals surface area (Å²) >= 11 is 0. The molecule has 0 saturated heterocycles. The Kier molecular flexibility index (Phi) is 3.44. The maximum Gasteiger partial charge on any atom is 0.251 e. The molecule has 3 heteroatoms. The lowest BCUT2D eigenvalue weighted by atomic mass is 10.0. The van der Waals surface area contributed by atoms with Gasteiger partial charge in [0.25, 0.3) is 5.91 Å². The van der Waals surface area contributed by atoms with E-state index in [-0.39, 0.29) is 5.91 Å². The van der Waals surface area contributed by atoms with E-state index in [0.29, 0.717) is 0 Å². The van der Waals surface area contributed by atoms with Gasteiger partial charge in [0, 0.05) is 12.1 Å². The first-order valence-electron chi connectivity index (χ1n) is 5.85. The van der Waals surface area contributed by atoms with Crippen molar-refractivity contribution >= 4 is 5.91 Å². The Morgan fingerprint density at radius 2 is 2.38 bits per heavy atom. The molecular formula is C13H17NO2. The lowest BCUT2D eigenvalue weighted by Gasteiger charge is -2.17. The second-order valence-electron chi connectivity index (χ2n) is 4.03. The SMILES string of the molecule is CCCNC(=O)c1ccc2c(c1)CCCO2. The molecule has 1 heterocycles. The number of carbonyl (C=O) groups excluding carboxylic acids is 1. The molecule has 1 N–H and O–H groups in total. The highest BCUT2D eigenvalue weighted by Gasteiger charge is 2.13. The maximum atomic E-state index is 11.7. The first-order chi connectivity index (χ1) is 7.81. The summed E-state index contributed by atoms with van der Waals surface area (Å²) in [4.78, 5) is 11.7.